The number of aliphatic hydroxyl groups is 1. The van der Waals surface area contributed by atoms with Gasteiger partial charge in [-0.2, -0.15) is 4.31 Å². The molecule has 23 heavy (non-hydrogen) atoms. The van der Waals surface area contributed by atoms with E-state index in [-0.39, 0.29) is 19.2 Å². The van der Waals surface area contributed by atoms with Gasteiger partial charge < -0.3 is 5.11 Å². The summed E-state index contributed by atoms with van der Waals surface area (Å²) in [5.74, 6) is -1.78. The first kappa shape index (κ1) is 16.8. The number of aliphatic hydroxyl groups excluding tert-OH is 1. The average molecular weight is 346 g/mol. The van der Waals surface area contributed by atoms with E-state index in [0.717, 1.165) is 35.3 Å². The lowest BCUT2D eigenvalue weighted by atomic mass is 10.2. The van der Waals surface area contributed by atoms with Crippen LogP contribution in [0.3, 0.4) is 0 Å². The van der Waals surface area contributed by atoms with Crippen LogP contribution in [0.25, 0.3) is 0 Å². The van der Waals surface area contributed by atoms with Crippen molar-refractivity contribution in [3.8, 4) is 0 Å². The highest BCUT2D eigenvalue weighted by Crippen LogP contribution is 2.33. The van der Waals surface area contributed by atoms with E-state index in [1.165, 1.54) is 0 Å². The lowest BCUT2D eigenvalue weighted by Gasteiger charge is -2.35. The van der Waals surface area contributed by atoms with Gasteiger partial charge in [-0.15, -0.1) is 0 Å². The van der Waals surface area contributed by atoms with Crippen LogP contribution >= 0.6 is 0 Å². The van der Waals surface area contributed by atoms with Crippen LogP contribution < -0.4 is 0 Å². The molecule has 1 aliphatic heterocycles. The maximum absolute atomic E-state index is 13.8. The Labute approximate surface area is 134 Å². The zero-order valence-corrected chi connectivity index (χ0v) is 13.5. The number of piperazine rings is 1. The second kappa shape index (κ2) is 6.43. The largest absolute Gasteiger partial charge is 0.392 e. The number of hydrogen-bond acceptors (Lipinski definition) is 4. The van der Waals surface area contributed by atoms with Crippen LogP contribution in [0.5, 0.6) is 0 Å². The number of β-amino-alcohol motifs (C(OH)–C–C–N with tert-alkyl or cyclic N) is 1. The molecule has 1 N–H and O–H groups in total. The number of benzene rings is 1. The molecule has 0 unspecified atom stereocenters. The Balaban J connectivity index is 1.66. The topological polar surface area (TPSA) is 60.9 Å². The SMILES string of the molecule is O=S(=O)(c1c(F)cccc1F)N1CCN(C[C@@H](O)C2CC2)CC1. The van der Waals surface area contributed by atoms with Gasteiger partial charge >= 0.3 is 0 Å². The van der Waals surface area contributed by atoms with Crippen LogP contribution in [-0.2, 0) is 10.0 Å². The minimum atomic E-state index is -4.19. The van der Waals surface area contributed by atoms with Gasteiger partial charge in [-0.25, -0.2) is 17.2 Å². The van der Waals surface area contributed by atoms with Gasteiger partial charge in [0.05, 0.1) is 6.10 Å². The number of hydrogen-bond donors (Lipinski definition) is 1. The monoisotopic (exact) mass is 346 g/mol. The smallest absolute Gasteiger partial charge is 0.249 e. The Morgan fingerprint density at radius 3 is 2.22 bits per heavy atom. The zero-order chi connectivity index (χ0) is 16.6. The van der Waals surface area contributed by atoms with Gasteiger partial charge in [0.2, 0.25) is 10.0 Å². The third-order valence-electron chi connectivity index (χ3n) is 4.46. The van der Waals surface area contributed by atoms with Crippen molar-refractivity contribution in [2.45, 2.75) is 23.8 Å². The molecule has 0 aromatic heterocycles. The van der Waals surface area contributed by atoms with Crippen molar-refractivity contribution in [2.24, 2.45) is 5.92 Å². The first-order valence-electron chi connectivity index (χ1n) is 7.74. The first-order valence-corrected chi connectivity index (χ1v) is 9.18. The third-order valence-corrected chi connectivity index (χ3v) is 6.41. The molecule has 2 fully saturated rings. The maximum Gasteiger partial charge on any atom is 0.249 e. The predicted molar refractivity (Wildman–Crippen MR) is 80.3 cm³/mol. The fourth-order valence-corrected chi connectivity index (χ4v) is 4.44. The van der Waals surface area contributed by atoms with E-state index in [1.807, 2.05) is 4.90 Å². The molecule has 3 rings (SSSR count). The minimum Gasteiger partial charge on any atom is -0.392 e. The quantitative estimate of drug-likeness (QED) is 0.866. The molecule has 0 spiro atoms. The maximum atomic E-state index is 13.8. The van der Waals surface area contributed by atoms with E-state index in [1.54, 1.807) is 0 Å². The van der Waals surface area contributed by atoms with Crippen LogP contribution in [0.4, 0.5) is 8.78 Å². The molecule has 5 nitrogen and oxygen atoms in total. The summed E-state index contributed by atoms with van der Waals surface area (Å²) in [7, 11) is -4.19. The molecule has 1 atom stereocenters. The van der Waals surface area contributed by atoms with Crippen molar-refractivity contribution < 1.29 is 22.3 Å². The van der Waals surface area contributed by atoms with Crippen LogP contribution in [0, 0.1) is 17.6 Å². The summed E-state index contributed by atoms with van der Waals surface area (Å²) in [5.41, 5.74) is 0. The average Bonchev–Trinajstić information content (AvgIpc) is 3.32. The molecule has 8 heteroatoms. The summed E-state index contributed by atoms with van der Waals surface area (Å²) in [6.45, 7) is 1.73. The van der Waals surface area contributed by atoms with Crippen molar-refractivity contribution in [2.75, 3.05) is 32.7 Å². The Hall–Kier alpha value is -1.09. The summed E-state index contributed by atoms with van der Waals surface area (Å²) >= 11 is 0. The van der Waals surface area contributed by atoms with Gasteiger partial charge in [-0.1, -0.05) is 6.07 Å². The van der Waals surface area contributed by atoms with Gasteiger partial charge in [-0.3, -0.25) is 4.90 Å². The standard InChI is InChI=1S/C15H20F2N2O3S/c16-12-2-1-3-13(17)15(12)23(21,22)19-8-6-18(7-9-19)10-14(20)11-4-5-11/h1-3,11,14,20H,4-10H2/t14-/m1/s1. The molecule has 1 heterocycles. The van der Waals surface area contributed by atoms with E-state index in [2.05, 4.69) is 0 Å². The van der Waals surface area contributed by atoms with E-state index in [0.29, 0.717) is 25.6 Å². The van der Waals surface area contributed by atoms with Crippen molar-refractivity contribution >= 4 is 10.0 Å². The lowest BCUT2D eigenvalue weighted by Crippen LogP contribution is -2.50. The number of rotatable bonds is 5. The van der Waals surface area contributed by atoms with Crippen LogP contribution in [-0.4, -0.2) is 61.6 Å². The number of nitrogens with zero attached hydrogens (tertiary/aromatic N) is 2. The highest BCUT2D eigenvalue weighted by molar-refractivity contribution is 7.89. The Bertz CT molecular complexity index is 651. The normalized spacial score (nSPS) is 22.2. The first-order chi connectivity index (χ1) is 10.9. The summed E-state index contributed by atoms with van der Waals surface area (Å²) < 4.78 is 53.5. The van der Waals surface area contributed by atoms with Gasteiger partial charge in [0.25, 0.3) is 0 Å². The van der Waals surface area contributed by atoms with E-state index in [9.17, 15) is 22.3 Å². The fourth-order valence-electron chi connectivity index (χ4n) is 2.91. The lowest BCUT2D eigenvalue weighted by molar-refractivity contribution is 0.0781. The van der Waals surface area contributed by atoms with Gasteiger partial charge in [0.1, 0.15) is 11.6 Å². The van der Waals surface area contributed by atoms with Gasteiger partial charge in [0, 0.05) is 32.7 Å². The zero-order valence-electron chi connectivity index (χ0n) is 12.7. The molecule has 2 aliphatic rings. The Morgan fingerprint density at radius 1 is 1.13 bits per heavy atom. The van der Waals surface area contributed by atoms with E-state index < -0.39 is 26.6 Å². The second-order valence-electron chi connectivity index (χ2n) is 6.16. The summed E-state index contributed by atoms with van der Waals surface area (Å²) in [5, 5.41) is 9.95. The van der Waals surface area contributed by atoms with E-state index in [4.69, 9.17) is 0 Å². The Morgan fingerprint density at radius 2 is 1.70 bits per heavy atom. The van der Waals surface area contributed by atoms with Crippen LogP contribution in [0.15, 0.2) is 23.1 Å². The second-order valence-corrected chi connectivity index (χ2v) is 8.04. The van der Waals surface area contributed by atoms with Crippen LogP contribution in [0.2, 0.25) is 0 Å². The van der Waals surface area contributed by atoms with E-state index >= 15 is 0 Å². The van der Waals surface area contributed by atoms with Crippen molar-refractivity contribution in [1.82, 2.24) is 9.21 Å². The number of halogens is 2. The molecule has 1 saturated carbocycles. The molecular weight excluding hydrogens is 326 g/mol. The molecule has 128 valence electrons. The molecule has 0 bridgehead atoms. The highest BCUT2D eigenvalue weighted by atomic mass is 32.2. The number of sulfonamides is 1. The van der Waals surface area contributed by atoms with Gasteiger partial charge in [0.15, 0.2) is 4.90 Å². The summed E-state index contributed by atoms with van der Waals surface area (Å²) in [6, 6.07) is 3.03. The molecule has 0 amide bonds. The van der Waals surface area contributed by atoms with Crippen molar-refractivity contribution in [1.29, 1.82) is 0 Å². The van der Waals surface area contributed by atoms with Crippen molar-refractivity contribution in [3.05, 3.63) is 29.8 Å². The molecule has 1 saturated heterocycles. The third kappa shape index (κ3) is 3.55. The molecule has 1 aromatic rings. The fraction of sp³-hybridized carbons (Fsp3) is 0.600. The highest BCUT2D eigenvalue weighted by Gasteiger charge is 2.35. The van der Waals surface area contributed by atoms with Gasteiger partial charge in [-0.05, 0) is 30.9 Å². The molecule has 0 radical (unpaired) electrons. The minimum absolute atomic E-state index is 0.160. The van der Waals surface area contributed by atoms with Crippen molar-refractivity contribution in [3.63, 3.8) is 0 Å². The molecule has 1 aromatic carbocycles. The predicted octanol–water partition coefficient (Wildman–Crippen LogP) is 1.04. The summed E-state index contributed by atoms with van der Waals surface area (Å²) in [6.07, 6.45) is 1.71. The van der Waals surface area contributed by atoms with Crippen LogP contribution in [0.1, 0.15) is 12.8 Å². The molecule has 1 aliphatic carbocycles. The Kier molecular flexibility index (Phi) is 4.68. The summed E-state index contributed by atoms with van der Waals surface area (Å²) in [4.78, 5) is 1.11. The molecular formula is C15H20F2N2O3S.